The van der Waals surface area contributed by atoms with Gasteiger partial charge in [-0.25, -0.2) is 8.42 Å². The first-order chi connectivity index (χ1) is 15.3. The van der Waals surface area contributed by atoms with E-state index in [4.69, 9.17) is 4.74 Å². The number of hydrogen-bond acceptors (Lipinski definition) is 5. The summed E-state index contributed by atoms with van der Waals surface area (Å²) in [6, 6.07) is 13.7. The van der Waals surface area contributed by atoms with Gasteiger partial charge in [-0.15, -0.1) is 0 Å². The number of aliphatic carboxylic acids is 1. The van der Waals surface area contributed by atoms with Gasteiger partial charge in [0.15, 0.2) is 0 Å². The molecule has 1 aliphatic heterocycles. The van der Waals surface area contributed by atoms with Gasteiger partial charge in [0.25, 0.3) is 0 Å². The Bertz CT molecular complexity index is 1010. The van der Waals surface area contributed by atoms with E-state index in [2.05, 4.69) is 6.92 Å². The van der Waals surface area contributed by atoms with E-state index in [-0.39, 0.29) is 16.7 Å². The molecular weight excluding hydrogens is 446 g/mol. The second kappa shape index (κ2) is 10.7. The number of piperidine rings is 1. The lowest BCUT2D eigenvalue weighted by molar-refractivity contribution is -0.143. The van der Waals surface area contributed by atoms with Crippen molar-refractivity contribution in [3.05, 3.63) is 59.7 Å². The van der Waals surface area contributed by atoms with Crippen LogP contribution in [0.4, 0.5) is 0 Å². The number of sulfonamides is 1. The van der Waals surface area contributed by atoms with Crippen molar-refractivity contribution in [3.8, 4) is 5.75 Å². The van der Waals surface area contributed by atoms with Gasteiger partial charge in [-0.3, -0.25) is 4.79 Å². The van der Waals surface area contributed by atoms with Crippen LogP contribution < -0.4 is 4.74 Å². The molecule has 1 saturated heterocycles. The third kappa shape index (κ3) is 5.47. The summed E-state index contributed by atoms with van der Waals surface area (Å²) in [7, 11) is -3.88. The Morgan fingerprint density at radius 1 is 1.12 bits per heavy atom. The average molecular weight is 478 g/mol. The summed E-state index contributed by atoms with van der Waals surface area (Å²) in [5.41, 5.74) is 1.81. The number of benzene rings is 2. The Balaban J connectivity index is 2.03. The van der Waals surface area contributed by atoms with Gasteiger partial charge >= 0.3 is 5.97 Å². The second-order valence-electron chi connectivity index (χ2n) is 8.00. The van der Waals surface area contributed by atoms with Crippen LogP contribution in [0.5, 0.6) is 5.75 Å². The number of nitrogens with zero attached hydrogens (tertiary/aromatic N) is 1. The minimum Gasteiger partial charge on any atom is -0.494 e. The van der Waals surface area contributed by atoms with Crippen molar-refractivity contribution in [2.75, 3.05) is 18.9 Å². The van der Waals surface area contributed by atoms with Crippen LogP contribution in [0.3, 0.4) is 0 Å². The van der Waals surface area contributed by atoms with Crippen LogP contribution in [0.1, 0.15) is 43.9 Å². The first kappa shape index (κ1) is 24.6. The molecule has 0 amide bonds. The minimum atomic E-state index is -3.88. The van der Waals surface area contributed by atoms with Gasteiger partial charge in [-0.1, -0.05) is 36.8 Å². The molecule has 1 fully saturated rings. The Kier molecular flexibility index (Phi) is 8.25. The second-order valence-corrected chi connectivity index (χ2v) is 11.2. The van der Waals surface area contributed by atoms with Gasteiger partial charge in [0.05, 0.1) is 23.5 Å². The molecule has 0 saturated carbocycles. The van der Waals surface area contributed by atoms with Crippen molar-refractivity contribution in [1.82, 2.24) is 4.31 Å². The summed E-state index contributed by atoms with van der Waals surface area (Å²) >= 11 is 1.63. The summed E-state index contributed by atoms with van der Waals surface area (Å²) in [4.78, 5) is 12.3. The predicted octanol–water partition coefficient (Wildman–Crippen LogP) is 4.74. The molecule has 0 aromatic heterocycles. The molecule has 1 aliphatic rings. The van der Waals surface area contributed by atoms with Crippen LogP contribution in [0.2, 0.25) is 0 Å². The lowest BCUT2D eigenvalue weighted by atomic mass is 9.90. The highest BCUT2D eigenvalue weighted by molar-refractivity contribution is 7.99. The van der Waals surface area contributed by atoms with E-state index >= 15 is 0 Å². The van der Waals surface area contributed by atoms with E-state index in [0.29, 0.717) is 13.0 Å². The molecule has 2 aromatic rings. The van der Waals surface area contributed by atoms with Crippen LogP contribution in [-0.2, 0) is 14.8 Å². The standard InChI is InChI=1S/C24H31NO5S2/c1-4-14-31-23-15-22(18-8-10-19(11-9-18)30-5-2)25(16-21(23)24(26)27)32(28,29)20-12-6-17(3)7-13-20/h6-13,21-23H,4-5,14-16H2,1-3H3,(H,26,27)/t21-,22+,23-/m1/s1. The first-order valence-corrected chi connectivity index (χ1v) is 13.4. The molecule has 32 heavy (non-hydrogen) atoms. The number of ether oxygens (including phenoxy) is 1. The molecule has 0 unspecified atom stereocenters. The van der Waals surface area contributed by atoms with Crippen LogP contribution in [0.15, 0.2) is 53.4 Å². The molecule has 3 atom stereocenters. The van der Waals surface area contributed by atoms with Crippen LogP contribution in [0.25, 0.3) is 0 Å². The Labute approximate surface area is 195 Å². The Morgan fingerprint density at radius 3 is 2.34 bits per heavy atom. The van der Waals surface area contributed by atoms with Crippen LogP contribution >= 0.6 is 11.8 Å². The van der Waals surface area contributed by atoms with Crippen molar-refractivity contribution >= 4 is 27.8 Å². The zero-order valence-corrected chi connectivity index (χ0v) is 20.4. The Hall–Kier alpha value is -2.03. The average Bonchev–Trinajstić information content (AvgIpc) is 2.78. The fourth-order valence-corrected chi connectivity index (χ4v) is 6.94. The lowest BCUT2D eigenvalue weighted by Gasteiger charge is -2.41. The lowest BCUT2D eigenvalue weighted by Crippen LogP contribution is -2.49. The molecular formula is C24H31NO5S2. The van der Waals surface area contributed by atoms with E-state index < -0.39 is 28.0 Å². The minimum absolute atomic E-state index is 0.0508. The van der Waals surface area contributed by atoms with Crippen molar-refractivity contribution < 1.29 is 23.1 Å². The van der Waals surface area contributed by atoms with Gasteiger partial charge in [0.2, 0.25) is 10.0 Å². The van der Waals surface area contributed by atoms with E-state index in [1.165, 1.54) is 4.31 Å². The monoisotopic (exact) mass is 477 g/mol. The third-order valence-electron chi connectivity index (χ3n) is 5.69. The van der Waals surface area contributed by atoms with E-state index in [1.54, 1.807) is 36.0 Å². The summed E-state index contributed by atoms with van der Waals surface area (Å²) in [6.45, 7) is 6.36. The number of thioether (sulfide) groups is 1. The third-order valence-corrected chi connectivity index (χ3v) is 9.17. The smallest absolute Gasteiger partial charge is 0.308 e. The Morgan fingerprint density at radius 2 is 1.78 bits per heavy atom. The summed E-state index contributed by atoms with van der Waals surface area (Å²) in [6.07, 6.45) is 1.38. The molecule has 3 rings (SSSR count). The molecule has 0 aliphatic carbocycles. The topological polar surface area (TPSA) is 83.9 Å². The van der Waals surface area contributed by atoms with Crippen molar-refractivity contribution in [1.29, 1.82) is 0 Å². The zero-order chi connectivity index (χ0) is 23.3. The van der Waals surface area contributed by atoms with E-state index in [0.717, 1.165) is 29.1 Å². The predicted molar refractivity (Wildman–Crippen MR) is 128 cm³/mol. The number of aryl methyl sites for hydroxylation is 1. The van der Waals surface area contributed by atoms with Gasteiger partial charge in [-0.05, 0) is 62.3 Å². The number of rotatable bonds is 9. The van der Waals surface area contributed by atoms with Crippen molar-refractivity contribution in [2.45, 2.75) is 49.8 Å². The maximum Gasteiger partial charge on any atom is 0.308 e. The molecule has 0 bridgehead atoms. The number of carboxylic acid groups (broad SMARTS) is 1. The SMILES string of the molecule is CCCS[C@@H]1C[C@@H](c2ccc(OCC)cc2)N(S(=O)(=O)c2ccc(C)cc2)C[C@H]1C(=O)O. The molecule has 1 N–H and O–H groups in total. The van der Waals surface area contributed by atoms with Crippen molar-refractivity contribution in [3.63, 3.8) is 0 Å². The normalized spacial score (nSPS) is 21.9. The molecule has 1 heterocycles. The maximum atomic E-state index is 13.6. The van der Waals surface area contributed by atoms with Gasteiger partial charge in [0, 0.05) is 11.8 Å². The molecule has 0 radical (unpaired) electrons. The van der Waals surface area contributed by atoms with Gasteiger partial charge in [-0.2, -0.15) is 16.1 Å². The molecule has 8 heteroatoms. The summed E-state index contributed by atoms with van der Waals surface area (Å²) in [5, 5.41) is 9.74. The van der Waals surface area contributed by atoms with Gasteiger partial charge < -0.3 is 9.84 Å². The van der Waals surface area contributed by atoms with Crippen LogP contribution in [-0.4, -0.2) is 48.0 Å². The first-order valence-electron chi connectivity index (χ1n) is 10.9. The largest absolute Gasteiger partial charge is 0.494 e. The van der Waals surface area contributed by atoms with Gasteiger partial charge in [0.1, 0.15) is 5.75 Å². The number of hydrogen-bond donors (Lipinski definition) is 1. The highest BCUT2D eigenvalue weighted by Gasteiger charge is 2.45. The fourth-order valence-electron chi connectivity index (χ4n) is 4.00. The molecule has 6 nitrogen and oxygen atoms in total. The summed E-state index contributed by atoms with van der Waals surface area (Å²) in [5.74, 6) is -0.145. The highest BCUT2D eigenvalue weighted by Crippen LogP contribution is 2.42. The fraction of sp³-hybridized carbons (Fsp3) is 0.458. The molecule has 0 spiro atoms. The molecule has 2 aromatic carbocycles. The summed E-state index contributed by atoms with van der Waals surface area (Å²) < 4.78 is 34.2. The van der Waals surface area contributed by atoms with E-state index in [9.17, 15) is 18.3 Å². The van der Waals surface area contributed by atoms with Crippen LogP contribution in [0, 0.1) is 12.8 Å². The highest BCUT2D eigenvalue weighted by atomic mass is 32.2. The quantitative estimate of drug-likeness (QED) is 0.562. The number of carbonyl (C=O) groups is 1. The molecule has 174 valence electrons. The zero-order valence-electron chi connectivity index (χ0n) is 18.7. The van der Waals surface area contributed by atoms with E-state index in [1.807, 2.05) is 38.1 Å². The maximum absolute atomic E-state index is 13.6. The van der Waals surface area contributed by atoms with Crippen molar-refractivity contribution in [2.24, 2.45) is 5.92 Å². The number of carboxylic acids is 1.